The Kier molecular flexibility index (Phi) is 3.91. The number of hydrogen-bond donors (Lipinski definition) is 1. The van der Waals surface area contributed by atoms with Crippen molar-refractivity contribution >= 4 is 11.3 Å². The van der Waals surface area contributed by atoms with E-state index in [1.165, 1.54) is 5.56 Å². The molecule has 17 heavy (non-hydrogen) atoms. The minimum Gasteiger partial charge on any atom is -0.310 e. The van der Waals surface area contributed by atoms with Crippen molar-refractivity contribution in [3.05, 3.63) is 29.0 Å². The molecule has 92 valence electrons. The summed E-state index contributed by atoms with van der Waals surface area (Å²) >= 11 is 1.60. The molecule has 2 aromatic heterocycles. The van der Waals surface area contributed by atoms with E-state index in [9.17, 15) is 0 Å². The molecule has 0 spiro atoms. The van der Waals surface area contributed by atoms with Crippen LogP contribution in [0.4, 0.5) is 0 Å². The van der Waals surface area contributed by atoms with Crippen molar-refractivity contribution in [2.75, 3.05) is 6.54 Å². The summed E-state index contributed by atoms with van der Waals surface area (Å²) in [6, 6.07) is 0.337. The third kappa shape index (κ3) is 2.56. The summed E-state index contributed by atoms with van der Waals surface area (Å²) < 4.78 is 1.91. The first-order chi connectivity index (χ1) is 8.24. The molecular weight excluding hydrogens is 232 g/mol. The van der Waals surface area contributed by atoms with Gasteiger partial charge in [0.25, 0.3) is 0 Å². The van der Waals surface area contributed by atoms with Gasteiger partial charge in [-0.05, 0) is 26.8 Å². The Morgan fingerprint density at radius 2 is 2.35 bits per heavy atom. The van der Waals surface area contributed by atoms with Gasteiger partial charge >= 0.3 is 0 Å². The molecule has 1 unspecified atom stereocenters. The third-order valence-corrected chi connectivity index (χ3v) is 3.56. The fourth-order valence-corrected chi connectivity index (χ4v) is 2.48. The van der Waals surface area contributed by atoms with Crippen molar-refractivity contribution in [1.82, 2.24) is 20.1 Å². The van der Waals surface area contributed by atoms with E-state index in [1.807, 2.05) is 16.3 Å². The fraction of sp³-hybridized carbons (Fsp3) is 0.500. The first-order valence-electron chi connectivity index (χ1n) is 5.91. The van der Waals surface area contributed by atoms with Crippen LogP contribution in [-0.2, 0) is 0 Å². The highest BCUT2D eigenvalue weighted by Crippen LogP contribution is 2.20. The van der Waals surface area contributed by atoms with Crippen LogP contribution in [-0.4, -0.2) is 21.3 Å². The second-order valence-corrected chi connectivity index (χ2v) is 4.96. The highest BCUT2D eigenvalue weighted by molar-refractivity contribution is 7.12. The van der Waals surface area contributed by atoms with Crippen molar-refractivity contribution in [3.8, 4) is 5.13 Å². The van der Waals surface area contributed by atoms with Gasteiger partial charge < -0.3 is 5.32 Å². The molecule has 1 atom stereocenters. The number of nitrogens with one attached hydrogen (secondary N) is 1. The zero-order valence-electron chi connectivity index (χ0n) is 10.5. The Balaban J connectivity index is 2.21. The molecule has 0 radical (unpaired) electrons. The standard InChI is InChI=1S/C12H18N4S/c1-4-5-13-9(2)11-8-15-16(10(11)3)12-14-6-7-17-12/h6-9,13H,4-5H2,1-3H3. The lowest BCUT2D eigenvalue weighted by Gasteiger charge is -2.12. The summed E-state index contributed by atoms with van der Waals surface area (Å²) in [6.07, 6.45) is 4.88. The quantitative estimate of drug-likeness (QED) is 0.887. The first-order valence-corrected chi connectivity index (χ1v) is 6.79. The lowest BCUT2D eigenvalue weighted by atomic mass is 10.1. The zero-order chi connectivity index (χ0) is 12.3. The van der Waals surface area contributed by atoms with Gasteiger partial charge in [0, 0.05) is 28.9 Å². The maximum absolute atomic E-state index is 4.41. The van der Waals surface area contributed by atoms with Crippen LogP contribution in [0.25, 0.3) is 5.13 Å². The summed E-state index contributed by atoms with van der Waals surface area (Å²) in [5.41, 5.74) is 2.41. The predicted octanol–water partition coefficient (Wildman–Crippen LogP) is 2.70. The van der Waals surface area contributed by atoms with Crippen molar-refractivity contribution in [1.29, 1.82) is 0 Å². The minimum atomic E-state index is 0.337. The van der Waals surface area contributed by atoms with Crippen molar-refractivity contribution in [2.45, 2.75) is 33.2 Å². The van der Waals surface area contributed by atoms with Crippen molar-refractivity contribution in [2.24, 2.45) is 0 Å². The van der Waals surface area contributed by atoms with Crippen molar-refractivity contribution < 1.29 is 0 Å². The number of hydrogen-bond acceptors (Lipinski definition) is 4. The normalized spacial score (nSPS) is 12.9. The Labute approximate surface area is 106 Å². The van der Waals surface area contributed by atoms with Crippen LogP contribution in [0.3, 0.4) is 0 Å². The number of thiazole rings is 1. The largest absolute Gasteiger partial charge is 0.310 e. The van der Waals surface area contributed by atoms with E-state index >= 15 is 0 Å². The smallest absolute Gasteiger partial charge is 0.210 e. The average Bonchev–Trinajstić information content (AvgIpc) is 2.94. The van der Waals surface area contributed by atoms with E-state index in [-0.39, 0.29) is 0 Å². The lowest BCUT2D eigenvalue weighted by Crippen LogP contribution is -2.19. The van der Waals surface area contributed by atoms with Crippen LogP contribution in [0.2, 0.25) is 0 Å². The molecule has 0 bridgehead atoms. The summed E-state index contributed by atoms with van der Waals surface area (Å²) in [7, 11) is 0. The third-order valence-electron chi connectivity index (χ3n) is 2.82. The summed E-state index contributed by atoms with van der Waals surface area (Å²) in [5.74, 6) is 0. The van der Waals surface area contributed by atoms with Gasteiger partial charge in [0.05, 0.1) is 6.20 Å². The molecule has 0 fully saturated rings. The molecule has 5 heteroatoms. The van der Waals surface area contributed by atoms with E-state index < -0.39 is 0 Å². The van der Waals surface area contributed by atoms with Gasteiger partial charge in [0.2, 0.25) is 5.13 Å². The average molecular weight is 250 g/mol. The molecular formula is C12H18N4S. The highest BCUT2D eigenvalue weighted by Gasteiger charge is 2.14. The van der Waals surface area contributed by atoms with Crippen LogP contribution in [0.1, 0.15) is 37.6 Å². The summed E-state index contributed by atoms with van der Waals surface area (Å²) in [6.45, 7) is 7.47. The maximum atomic E-state index is 4.41. The van der Waals surface area contributed by atoms with E-state index in [2.05, 4.69) is 36.2 Å². The van der Waals surface area contributed by atoms with Crippen LogP contribution >= 0.6 is 11.3 Å². The number of aromatic nitrogens is 3. The second kappa shape index (κ2) is 5.42. The Bertz CT molecular complexity index is 461. The monoisotopic (exact) mass is 250 g/mol. The summed E-state index contributed by atoms with van der Waals surface area (Å²) in [4.78, 5) is 4.28. The molecule has 0 aliphatic rings. The number of rotatable bonds is 5. The molecule has 0 saturated heterocycles. The molecule has 0 aliphatic carbocycles. The van der Waals surface area contributed by atoms with Gasteiger partial charge in [0.15, 0.2) is 0 Å². The molecule has 0 aliphatic heterocycles. The van der Waals surface area contributed by atoms with Gasteiger partial charge in [-0.25, -0.2) is 9.67 Å². The molecule has 4 nitrogen and oxygen atoms in total. The minimum absolute atomic E-state index is 0.337. The van der Waals surface area contributed by atoms with Gasteiger partial charge in [0.1, 0.15) is 0 Å². The van der Waals surface area contributed by atoms with Gasteiger partial charge in [-0.1, -0.05) is 6.92 Å². The highest BCUT2D eigenvalue weighted by atomic mass is 32.1. The van der Waals surface area contributed by atoms with Crippen LogP contribution in [0.5, 0.6) is 0 Å². The van der Waals surface area contributed by atoms with Gasteiger partial charge in [-0.3, -0.25) is 0 Å². The predicted molar refractivity (Wildman–Crippen MR) is 70.7 cm³/mol. The molecule has 2 rings (SSSR count). The van der Waals surface area contributed by atoms with Crippen molar-refractivity contribution in [3.63, 3.8) is 0 Å². The van der Waals surface area contributed by atoms with Crippen LogP contribution < -0.4 is 5.32 Å². The molecule has 1 N–H and O–H groups in total. The molecule has 2 heterocycles. The fourth-order valence-electron chi connectivity index (χ4n) is 1.83. The molecule has 0 aromatic carbocycles. The Hall–Kier alpha value is -1.20. The van der Waals surface area contributed by atoms with Crippen LogP contribution in [0, 0.1) is 6.92 Å². The SMILES string of the molecule is CCCNC(C)c1cnn(-c2nccs2)c1C. The van der Waals surface area contributed by atoms with E-state index in [0.717, 1.165) is 23.8 Å². The van der Waals surface area contributed by atoms with Gasteiger partial charge in [-0.15, -0.1) is 11.3 Å². The van der Waals surface area contributed by atoms with E-state index in [4.69, 9.17) is 0 Å². The van der Waals surface area contributed by atoms with Crippen LogP contribution in [0.15, 0.2) is 17.8 Å². The molecule has 0 amide bonds. The zero-order valence-corrected chi connectivity index (χ0v) is 11.3. The topological polar surface area (TPSA) is 42.7 Å². The van der Waals surface area contributed by atoms with Gasteiger partial charge in [-0.2, -0.15) is 5.10 Å². The molecule has 0 saturated carbocycles. The van der Waals surface area contributed by atoms with E-state index in [1.54, 1.807) is 17.5 Å². The van der Waals surface area contributed by atoms with E-state index in [0.29, 0.717) is 6.04 Å². The number of nitrogens with zero attached hydrogens (tertiary/aromatic N) is 3. The maximum Gasteiger partial charge on any atom is 0.210 e. The molecule has 2 aromatic rings. The Morgan fingerprint density at radius 3 is 3.00 bits per heavy atom. The Morgan fingerprint density at radius 1 is 1.53 bits per heavy atom. The summed E-state index contributed by atoms with van der Waals surface area (Å²) in [5, 5.41) is 10.8. The lowest BCUT2D eigenvalue weighted by molar-refractivity contribution is 0.568. The first kappa shape index (κ1) is 12.3. The second-order valence-electron chi connectivity index (χ2n) is 4.09.